The molecule has 6 heteroatoms. The Labute approximate surface area is 120 Å². The number of aromatic nitrogens is 1. The van der Waals surface area contributed by atoms with Crippen LogP contribution in [0.5, 0.6) is 0 Å². The molecule has 0 aliphatic rings. The number of carboxylic acids is 1. The topological polar surface area (TPSA) is 103 Å². The van der Waals surface area contributed by atoms with Crippen LogP contribution in [-0.2, 0) is 11.2 Å². The number of hydrogen-bond acceptors (Lipinski definition) is 4. The number of carbonyl (C=O) groups is 2. The summed E-state index contributed by atoms with van der Waals surface area (Å²) >= 11 is 0. The van der Waals surface area contributed by atoms with Crippen LogP contribution in [0.3, 0.4) is 0 Å². The molecule has 0 saturated carbocycles. The van der Waals surface area contributed by atoms with Crippen molar-refractivity contribution < 1.29 is 14.7 Å². The van der Waals surface area contributed by atoms with E-state index in [0.717, 1.165) is 0 Å². The third-order valence-electron chi connectivity index (χ3n) is 2.73. The Bertz CT molecular complexity index is 718. The SMILES string of the molecule is N#Cc1ccc(C(=O)Nc2ccccc2CC(=O)O)nc1. The molecule has 0 bridgehead atoms. The van der Waals surface area contributed by atoms with Crippen molar-refractivity contribution in [3.8, 4) is 6.07 Å². The van der Waals surface area contributed by atoms with Gasteiger partial charge in [-0.1, -0.05) is 18.2 Å². The van der Waals surface area contributed by atoms with E-state index in [9.17, 15) is 9.59 Å². The molecule has 0 saturated heterocycles. The minimum Gasteiger partial charge on any atom is -0.481 e. The summed E-state index contributed by atoms with van der Waals surface area (Å²) in [6.45, 7) is 0. The predicted molar refractivity (Wildman–Crippen MR) is 74.7 cm³/mol. The normalized spacial score (nSPS) is 9.67. The molecular weight excluding hydrogens is 270 g/mol. The summed E-state index contributed by atoms with van der Waals surface area (Å²) in [5.74, 6) is -1.44. The fraction of sp³-hybridized carbons (Fsp3) is 0.0667. The van der Waals surface area contributed by atoms with Crippen LogP contribution < -0.4 is 5.32 Å². The van der Waals surface area contributed by atoms with Crippen LogP contribution in [-0.4, -0.2) is 22.0 Å². The predicted octanol–water partition coefficient (Wildman–Crippen LogP) is 1.83. The molecule has 104 valence electrons. The van der Waals surface area contributed by atoms with Crippen molar-refractivity contribution >= 4 is 17.6 Å². The maximum Gasteiger partial charge on any atom is 0.307 e. The summed E-state index contributed by atoms with van der Waals surface area (Å²) < 4.78 is 0. The fourth-order valence-electron chi connectivity index (χ4n) is 1.74. The summed E-state index contributed by atoms with van der Waals surface area (Å²) in [6, 6.07) is 11.5. The monoisotopic (exact) mass is 281 g/mol. The molecule has 0 radical (unpaired) electrons. The Kier molecular flexibility index (Phi) is 4.26. The fourth-order valence-corrected chi connectivity index (χ4v) is 1.74. The van der Waals surface area contributed by atoms with E-state index < -0.39 is 11.9 Å². The highest BCUT2D eigenvalue weighted by Gasteiger charge is 2.11. The molecule has 0 aliphatic carbocycles. The average Bonchev–Trinajstić information content (AvgIpc) is 2.49. The number of hydrogen-bond donors (Lipinski definition) is 2. The molecule has 0 fully saturated rings. The molecule has 6 nitrogen and oxygen atoms in total. The number of nitrogens with one attached hydrogen (secondary N) is 1. The number of anilines is 1. The highest BCUT2D eigenvalue weighted by atomic mass is 16.4. The number of carbonyl (C=O) groups excluding carboxylic acids is 1. The van der Waals surface area contributed by atoms with Gasteiger partial charge in [0.15, 0.2) is 0 Å². The molecule has 21 heavy (non-hydrogen) atoms. The molecule has 1 amide bonds. The number of pyridine rings is 1. The zero-order valence-corrected chi connectivity index (χ0v) is 10.9. The van der Waals surface area contributed by atoms with Gasteiger partial charge in [0, 0.05) is 11.9 Å². The van der Waals surface area contributed by atoms with Crippen LogP contribution in [0, 0.1) is 11.3 Å². The molecule has 0 unspecified atom stereocenters. The minimum atomic E-state index is -0.979. The second kappa shape index (κ2) is 6.30. The smallest absolute Gasteiger partial charge is 0.307 e. The van der Waals surface area contributed by atoms with Crippen molar-refractivity contribution in [2.45, 2.75) is 6.42 Å². The Balaban J connectivity index is 2.19. The van der Waals surface area contributed by atoms with E-state index in [1.165, 1.54) is 18.3 Å². The van der Waals surface area contributed by atoms with Crippen molar-refractivity contribution in [3.05, 3.63) is 59.4 Å². The molecule has 2 N–H and O–H groups in total. The van der Waals surface area contributed by atoms with Crippen LogP contribution in [0.2, 0.25) is 0 Å². The van der Waals surface area contributed by atoms with Gasteiger partial charge in [-0.2, -0.15) is 5.26 Å². The first kappa shape index (κ1) is 14.2. The van der Waals surface area contributed by atoms with Gasteiger partial charge in [0.05, 0.1) is 12.0 Å². The lowest BCUT2D eigenvalue weighted by atomic mass is 10.1. The number of nitriles is 1. The van der Waals surface area contributed by atoms with Gasteiger partial charge >= 0.3 is 5.97 Å². The summed E-state index contributed by atoms with van der Waals surface area (Å²) in [4.78, 5) is 26.7. The number of rotatable bonds is 4. The van der Waals surface area contributed by atoms with Crippen LogP contribution in [0.25, 0.3) is 0 Å². The summed E-state index contributed by atoms with van der Waals surface area (Å²) in [5, 5.41) is 20.1. The Morgan fingerprint density at radius 3 is 2.62 bits per heavy atom. The molecule has 2 rings (SSSR count). The van der Waals surface area contributed by atoms with Gasteiger partial charge < -0.3 is 10.4 Å². The van der Waals surface area contributed by atoms with Gasteiger partial charge in [-0.25, -0.2) is 4.98 Å². The lowest BCUT2D eigenvalue weighted by Gasteiger charge is -2.09. The van der Waals surface area contributed by atoms with Crippen molar-refractivity contribution in [1.29, 1.82) is 5.26 Å². The lowest BCUT2D eigenvalue weighted by molar-refractivity contribution is -0.136. The molecule has 0 atom stereocenters. The second-order valence-electron chi connectivity index (χ2n) is 4.23. The van der Waals surface area contributed by atoms with Crippen LogP contribution in [0.1, 0.15) is 21.6 Å². The summed E-state index contributed by atoms with van der Waals surface area (Å²) in [6.07, 6.45) is 1.12. The van der Waals surface area contributed by atoms with E-state index in [1.54, 1.807) is 24.3 Å². The third-order valence-corrected chi connectivity index (χ3v) is 2.73. The zero-order chi connectivity index (χ0) is 15.2. The average molecular weight is 281 g/mol. The molecule has 1 aromatic heterocycles. The van der Waals surface area contributed by atoms with Gasteiger partial charge in [-0.3, -0.25) is 9.59 Å². The second-order valence-corrected chi connectivity index (χ2v) is 4.23. The van der Waals surface area contributed by atoms with E-state index in [1.807, 2.05) is 6.07 Å². The number of amides is 1. The maximum atomic E-state index is 12.0. The quantitative estimate of drug-likeness (QED) is 0.889. The minimum absolute atomic E-state index is 0.152. The highest BCUT2D eigenvalue weighted by Crippen LogP contribution is 2.16. The standard InChI is InChI=1S/C15H11N3O3/c16-8-10-5-6-13(17-9-10)15(21)18-12-4-2-1-3-11(12)7-14(19)20/h1-6,9H,7H2,(H,18,21)(H,19,20). The Morgan fingerprint density at radius 1 is 1.24 bits per heavy atom. The number of para-hydroxylation sites is 1. The summed E-state index contributed by atoms with van der Waals surface area (Å²) in [7, 11) is 0. The lowest BCUT2D eigenvalue weighted by Crippen LogP contribution is -2.15. The van der Waals surface area contributed by atoms with E-state index >= 15 is 0 Å². The van der Waals surface area contributed by atoms with Crippen LogP contribution >= 0.6 is 0 Å². The first-order chi connectivity index (χ1) is 10.1. The van der Waals surface area contributed by atoms with Gasteiger partial charge in [0.25, 0.3) is 5.91 Å². The number of benzene rings is 1. The molecule has 1 aromatic carbocycles. The van der Waals surface area contributed by atoms with Crippen LogP contribution in [0.4, 0.5) is 5.69 Å². The third kappa shape index (κ3) is 3.64. The van der Waals surface area contributed by atoms with Gasteiger partial charge in [0.1, 0.15) is 11.8 Å². The highest BCUT2D eigenvalue weighted by molar-refractivity contribution is 6.03. The van der Waals surface area contributed by atoms with E-state index in [0.29, 0.717) is 16.8 Å². The number of nitrogens with zero attached hydrogens (tertiary/aromatic N) is 2. The first-order valence-electron chi connectivity index (χ1n) is 6.07. The maximum absolute atomic E-state index is 12.0. The van der Waals surface area contributed by atoms with Crippen molar-refractivity contribution in [1.82, 2.24) is 4.98 Å². The van der Waals surface area contributed by atoms with Gasteiger partial charge in [0.2, 0.25) is 0 Å². The Hall–Kier alpha value is -3.20. The number of carboxylic acid groups (broad SMARTS) is 1. The molecule has 0 spiro atoms. The molecule has 0 aliphatic heterocycles. The Morgan fingerprint density at radius 2 is 2.00 bits per heavy atom. The van der Waals surface area contributed by atoms with Crippen molar-refractivity contribution in [2.75, 3.05) is 5.32 Å². The largest absolute Gasteiger partial charge is 0.481 e. The van der Waals surface area contributed by atoms with E-state index in [-0.39, 0.29) is 12.1 Å². The van der Waals surface area contributed by atoms with Crippen molar-refractivity contribution in [2.24, 2.45) is 0 Å². The first-order valence-corrected chi connectivity index (χ1v) is 6.07. The van der Waals surface area contributed by atoms with Gasteiger partial charge in [-0.05, 0) is 23.8 Å². The van der Waals surface area contributed by atoms with Crippen molar-refractivity contribution in [3.63, 3.8) is 0 Å². The number of aliphatic carboxylic acids is 1. The van der Waals surface area contributed by atoms with Crippen LogP contribution in [0.15, 0.2) is 42.6 Å². The molecule has 1 heterocycles. The molecular formula is C15H11N3O3. The summed E-state index contributed by atoms with van der Waals surface area (Å²) in [5.41, 5.74) is 1.44. The zero-order valence-electron chi connectivity index (χ0n) is 10.9. The van der Waals surface area contributed by atoms with Gasteiger partial charge in [-0.15, -0.1) is 0 Å². The molecule has 2 aromatic rings. The van der Waals surface area contributed by atoms with E-state index in [4.69, 9.17) is 10.4 Å². The van der Waals surface area contributed by atoms with E-state index in [2.05, 4.69) is 10.3 Å².